The van der Waals surface area contributed by atoms with E-state index in [-0.39, 0.29) is 29.3 Å². The second-order valence-electron chi connectivity index (χ2n) is 11.2. The molecule has 184 valence electrons. The van der Waals surface area contributed by atoms with Gasteiger partial charge in [0.1, 0.15) is 0 Å². The van der Waals surface area contributed by atoms with Crippen molar-refractivity contribution in [3.63, 3.8) is 0 Å². The summed E-state index contributed by atoms with van der Waals surface area (Å²) in [6.45, 7) is 3.44. The average molecular weight is 467 g/mol. The van der Waals surface area contributed by atoms with Crippen molar-refractivity contribution in [3.05, 3.63) is 35.1 Å². The number of hydrogen-bond donors (Lipinski definition) is 1. The highest BCUT2D eigenvalue weighted by molar-refractivity contribution is 5.79. The van der Waals surface area contributed by atoms with Gasteiger partial charge in [0.05, 0.1) is 29.4 Å². The first kappa shape index (κ1) is 23.5. The molecule has 1 unspecified atom stereocenters. The van der Waals surface area contributed by atoms with Crippen LogP contribution in [0.15, 0.2) is 29.6 Å². The Morgan fingerprint density at radius 3 is 2.71 bits per heavy atom. The third-order valence-corrected chi connectivity index (χ3v) is 9.04. The van der Waals surface area contributed by atoms with Gasteiger partial charge in [-0.25, -0.2) is 4.98 Å². The molecule has 2 aromatic heterocycles. The summed E-state index contributed by atoms with van der Waals surface area (Å²) in [5, 5.41) is 12.5. The van der Waals surface area contributed by atoms with Crippen LogP contribution in [0.1, 0.15) is 77.6 Å². The maximum atomic E-state index is 13.5. The first-order valence-corrected chi connectivity index (χ1v) is 13.2. The molecule has 1 amide bonds. The topological polar surface area (TPSA) is 88.3 Å². The van der Waals surface area contributed by atoms with Crippen LogP contribution in [-0.4, -0.2) is 49.1 Å². The van der Waals surface area contributed by atoms with E-state index in [0.29, 0.717) is 36.3 Å². The summed E-state index contributed by atoms with van der Waals surface area (Å²) in [7, 11) is 0. The van der Waals surface area contributed by atoms with Crippen LogP contribution in [-0.2, 0) is 11.3 Å². The molecule has 1 aliphatic heterocycles. The Balaban J connectivity index is 1.34. The molecule has 5 rings (SSSR count). The van der Waals surface area contributed by atoms with Gasteiger partial charge in [-0.05, 0) is 37.7 Å². The molecule has 7 heteroatoms. The third kappa shape index (κ3) is 4.28. The summed E-state index contributed by atoms with van der Waals surface area (Å²) in [6, 6.07) is 1.73. The van der Waals surface area contributed by atoms with Gasteiger partial charge in [0.2, 0.25) is 5.91 Å². The Kier molecular flexibility index (Phi) is 6.49. The van der Waals surface area contributed by atoms with Gasteiger partial charge in [-0.15, -0.1) is 0 Å². The molecule has 1 saturated heterocycles. The Morgan fingerprint density at radius 1 is 1.18 bits per heavy atom. The van der Waals surface area contributed by atoms with E-state index in [0.717, 1.165) is 32.1 Å². The van der Waals surface area contributed by atoms with Crippen LogP contribution >= 0.6 is 0 Å². The lowest BCUT2D eigenvalue weighted by Crippen LogP contribution is -2.62. The molecule has 0 bridgehead atoms. The Bertz CT molecular complexity index is 1090. The molecule has 3 aliphatic rings. The number of pyridine rings is 1. The number of hydrogen-bond acceptors (Lipinski definition) is 5. The number of amides is 1. The molecule has 34 heavy (non-hydrogen) atoms. The maximum absolute atomic E-state index is 13.5. The second-order valence-corrected chi connectivity index (χ2v) is 11.2. The van der Waals surface area contributed by atoms with E-state index < -0.39 is 5.60 Å². The zero-order chi connectivity index (χ0) is 23.8. The van der Waals surface area contributed by atoms with Crippen molar-refractivity contribution < 1.29 is 9.90 Å². The van der Waals surface area contributed by atoms with Crippen molar-refractivity contribution in [2.24, 2.45) is 17.3 Å². The van der Waals surface area contributed by atoms with Crippen molar-refractivity contribution in [1.29, 1.82) is 0 Å². The van der Waals surface area contributed by atoms with Crippen LogP contribution in [0.3, 0.4) is 0 Å². The molecule has 2 atom stereocenters. The van der Waals surface area contributed by atoms with Gasteiger partial charge in [-0.3, -0.25) is 19.1 Å². The molecule has 2 saturated carbocycles. The lowest BCUT2D eigenvalue weighted by molar-refractivity contribution is -0.163. The van der Waals surface area contributed by atoms with Gasteiger partial charge >= 0.3 is 0 Å². The number of rotatable bonds is 5. The first-order chi connectivity index (χ1) is 16.4. The minimum atomic E-state index is -1.03. The van der Waals surface area contributed by atoms with Gasteiger partial charge < -0.3 is 10.0 Å². The molecule has 3 fully saturated rings. The summed E-state index contributed by atoms with van der Waals surface area (Å²) in [4.78, 5) is 37.1. The van der Waals surface area contributed by atoms with E-state index in [1.165, 1.54) is 32.1 Å². The lowest BCUT2D eigenvalue weighted by Gasteiger charge is -2.52. The minimum Gasteiger partial charge on any atom is -0.387 e. The smallest absolute Gasteiger partial charge is 0.262 e. The zero-order valence-electron chi connectivity index (χ0n) is 20.4. The highest BCUT2D eigenvalue weighted by Crippen LogP contribution is 2.51. The van der Waals surface area contributed by atoms with Gasteiger partial charge in [0.15, 0.2) is 0 Å². The monoisotopic (exact) mass is 466 g/mol. The zero-order valence-corrected chi connectivity index (χ0v) is 20.4. The SMILES string of the molecule is C[C@H](CC1CCCCC1)C(=O)N1CCC(O)(Cn2cnc3ccncc3c2=O)C2(CCCC2)C1. The van der Waals surface area contributed by atoms with Crippen molar-refractivity contribution in [2.45, 2.75) is 89.7 Å². The molecule has 2 aromatic rings. The lowest BCUT2D eigenvalue weighted by atomic mass is 9.65. The number of piperidine rings is 1. The van der Waals surface area contributed by atoms with Gasteiger partial charge in [0, 0.05) is 36.8 Å². The van der Waals surface area contributed by atoms with E-state index in [1.807, 2.05) is 4.90 Å². The number of carbonyl (C=O) groups is 1. The minimum absolute atomic E-state index is 0.0348. The summed E-state index contributed by atoms with van der Waals surface area (Å²) in [6.07, 6.45) is 16.5. The molecule has 2 aliphatic carbocycles. The first-order valence-electron chi connectivity index (χ1n) is 13.2. The number of nitrogens with zero attached hydrogens (tertiary/aromatic N) is 4. The molecule has 0 aromatic carbocycles. The summed E-state index contributed by atoms with van der Waals surface area (Å²) in [5.41, 5.74) is -0.950. The summed E-state index contributed by atoms with van der Waals surface area (Å²) < 4.78 is 1.55. The van der Waals surface area contributed by atoms with Crippen LogP contribution < -0.4 is 5.56 Å². The van der Waals surface area contributed by atoms with Crippen LogP contribution in [0.4, 0.5) is 0 Å². The molecular weight excluding hydrogens is 428 g/mol. The fourth-order valence-corrected chi connectivity index (χ4v) is 7.02. The van der Waals surface area contributed by atoms with E-state index in [2.05, 4.69) is 16.9 Å². The van der Waals surface area contributed by atoms with Crippen LogP contribution in [0.25, 0.3) is 10.9 Å². The van der Waals surface area contributed by atoms with Crippen molar-refractivity contribution in [2.75, 3.05) is 13.1 Å². The standard InChI is InChI=1S/C27H38N4O3/c1-20(15-21-7-3-2-4-8-21)24(32)30-14-12-27(34,26(17-30)10-5-6-11-26)18-31-19-29-23-9-13-28-16-22(23)25(31)33/h9,13,16,19-21,34H,2-8,10-12,14-15,17-18H2,1H3/t20-,27?/m1/s1. The van der Waals surface area contributed by atoms with Crippen LogP contribution in [0.2, 0.25) is 0 Å². The quantitative estimate of drug-likeness (QED) is 0.722. The van der Waals surface area contributed by atoms with Crippen molar-refractivity contribution in [1.82, 2.24) is 19.4 Å². The Hall–Kier alpha value is -2.28. The van der Waals surface area contributed by atoms with Crippen molar-refractivity contribution >= 4 is 16.8 Å². The van der Waals surface area contributed by atoms with E-state index in [4.69, 9.17) is 0 Å². The highest BCUT2D eigenvalue weighted by Gasteiger charge is 2.55. The Morgan fingerprint density at radius 2 is 1.94 bits per heavy atom. The molecule has 3 heterocycles. The molecule has 0 radical (unpaired) electrons. The number of aliphatic hydroxyl groups is 1. The van der Waals surface area contributed by atoms with Gasteiger partial charge in [-0.1, -0.05) is 51.9 Å². The van der Waals surface area contributed by atoms with E-state index >= 15 is 0 Å². The summed E-state index contributed by atoms with van der Waals surface area (Å²) in [5.74, 6) is 0.957. The number of carbonyl (C=O) groups excluding carboxylic acids is 1. The fourth-order valence-electron chi connectivity index (χ4n) is 7.02. The second kappa shape index (κ2) is 9.40. The fraction of sp³-hybridized carbons (Fsp3) is 0.704. The van der Waals surface area contributed by atoms with Crippen molar-refractivity contribution in [3.8, 4) is 0 Å². The third-order valence-electron chi connectivity index (χ3n) is 9.04. The molecule has 1 N–H and O–H groups in total. The van der Waals surface area contributed by atoms with Gasteiger partial charge in [-0.2, -0.15) is 0 Å². The average Bonchev–Trinajstić information content (AvgIpc) is 3.33. The Labute approximate surface area is 201 Å². The largest absolute Gasteiger partial charge is 0.387 e. The number of aromatic nitrogens is 3. The number of fused-ring (bicyclic) bond motifs is 1. The molecular formula is C27H38N4O3. The molecule has 1 spiro atoms. The van der Waals surface area contributed by atoms with Crippen LogP contribution in [0.5, 0.6) is 0 Å². The van der Waals surface area contributed by atoms with E-state index in [1.54, 1.807) is 29.4 Å². The predicted molar refractivity (Wildman–Crippen MR) is 131 cm³/mol. The normalized spacial score (nSPS) is 26.2. The van der Waals surface area contributed by atoms with Gasteiger partial charge in [0.25, 0.3) is 5.56 Å². The molecule has 7 nitrogen and oxygen atoms in total. The maximum Gasteiger partial charge on any atom is 0.262 e. The number of likely N-dealkylation sites (tertiary alicyclic amines) is 1. The summed E-state index contributed by atoms with van der Waals surface area (Å²) >= 11 is 0. The van der Waals surface area contributed by atoms with Crippen LogP contribution in [0, 0.1) is 17.3 Å². The van der Waals surface area contributed by atoms with E-state index in [9.17, 15) is 14.7 Å². The predicted octanol–water partition coefficient (Wildman–Crippen LogP) is 3.92. The highest BCUT2D eigenvalue weighted by atomic mass is 16.3.